The SMILES string of the molecule is Cc1ccc(C(CC(=O)O)c2ccc(C#N)cc2C)cc1CN1CC(C)Cc2cc(OC(F)(F)F)ccc2S1(=O)=O. The number of nitriles is 1. The van der Waals surface area contributed by atoms with Crippen LogP contribution in [-0.2, 0) is 27.8 Å². The summed E-state index contributed by atoms with van der Waals surface area (Å²) >= 11 is 0. The van der Waals surface area contributed by atoms with E-state index in [1.54, 1.807) is 18.2 Å². The Morgan fingerprint density at radius 3 is 2.49 bits per heavy atom. The fourth-order valence-corrected chi connectivity index (χ4v) is 7.08. The Labute approximate surface area is 236 Å². The highest BCUT2D eigenvalue weighted by atomic mass is 32.2. The van der Waals surface area contributed by atoms with Gasteiger partial charge >= 0.3 is 12.3 Å². The van der Waals surface area contributed by atoms with E-state index < -0.39 is 34.0 Å². The molecule has 0 saturated carbocycles. The van der Waals surface area contributed by atoms with E-state index in [0.717, 1.165) is 34.9 Å². The summed E-state index contributed by atoms with van der Waals surface area (Å²) in [7, 11) is -4.07. The van der Waals surface area contributed by atoms with Gasteiger partial charge in [0.25, 0.3) is 0 Å². The molecule has 1 heterocycles. The highest BCUT2D eigenvalue weighted by Crippen LogP contribution is 2.36. The van der Waals surface area contributed by atoms with Gasteiger partial charge in [0.05, 0.1) is 22.9 Å². The van der Waals surface area contributed by atoms with Gasteiger partial charge in [-0.25, -0.2) is 8.42 Å². The van der Waals surface area contributed by atoms with Crippen LogP contribution in [0.5, 0.6) is 5.75 Å². The number of hydrogen-bond donors (Lipinski definition) is 1. The fourth-order valence-electron chi connectivity index (χ4n) is 5.33. The molecule has 1 aliphatic rings. The van der Waals surface area contributed by atoms with Gasteiger partial charge in [-0.2, -0.15) is 9.57 Å². The number of rotatable bonds is 7. The summed E-state index contributed by atoms with van der Waals surface area (Å²) < 4.78 is 71.0. The number of carboxylic acids is 1. The number of nitrogens with zero attached hydrogens (tertiary/aromatic N) is 2. The molecule has 2 unspecified atom stereocenters. The molecule has 2 atom stereocenters. The molecule has 0 bridgehead atoms. The monoisotopic (exact) mass is 586 g/mol. The van der Waals surface area contributed by atoms with Crippen molar-refractivity contribution in [3.63, 3.8) is 0 Å². The average molecular weight is 587 g/mol. The van der Waals surface area contributed by atoms with Crippen LogP contribution < -0.4 is 4.74 Å². The molecule has 0 saturated heterocycles. The van der Waals surface area contributed by atoms with Gasteiger partial charge < -0.3 is 9.84 Å². The lowest BCUT2D eigenvalue weighted by molar-refractivity contribution is -0.274. The van der Waals surface area contributed by atoms with E-state index in [2.05, 4.69) is 10.8 Å². The zero-order valence-corrected chi connectivity index (χ0v) is 23.5. The molecule has 0 aliphatic carbocycles. The number of halogens is 3. The summed E-state index contributed by atoms with van der Waals surface area (Å²) in [5.74, 6) is -2.21. The van der Waals surface area contributed by atoms with Crippen LogP contribution in [0.15, 0.2) is 59.5 Å². The van der Waals surface area contributed by atoms with Crippen molar-refractivity contribution in [2.45, 2.75) is 57.3 Å². The predicted octanol–water partition coefficient (Wildman–Crippen LogP) is 6.06. The van der Waals surface area contributed by atoms with E-state index in [1.807, 2.05) is 39.0 Å². The number of aliphatic carboxylic acids is 1. The smallest absolute Gasteiger partial charge is 0.481 e. The zero-order valence-electron chi connectivity index (χ0n) is 22.7. The van der Waals surface area contributed by atoms with Gasteiger partial charge in [0, 0.05) is 19.0 Å². The van der Waals surface area contributed by atoms with Gasteiger partial charge in [-0.15, -0.1) is 13.2 Å². The van der Waals surface area contributed by atoms with Crippen molar-refractivity contribution in [2.75, 3.05) is 6.54 Å². The van der Waals surface area contributed by atoms with Crippen molar-refractivity contribution in [2.24, 2.45) is 5.92 Å². The Hall–Kier alpha value is -3.88. The quantitative estimate of drug-likeness (QED) is 0.361. The van der Waals surface area contributed by atoms with Crippen molar-refractivity contribution in [3.8, 4) is 11.8 Å². The van der Waals surface area contributed by atoms with E-state index in [0.29, 0.717) is 16.7 Å². The van der Waals surface area contributed by atoms with Crippen molar-refractivity contribution in [1.29, 1.82) is 5.26 Å². The van der Waals surface area contributed by atoms with E-state index in [1.165, 1.54) is 4.31 Å². The molecule has 4 rings (SSSR count). The zero-order chi connectivity index (χ0) is 30.1. The van der Waals surface area contributed by atoms with Crippen LogP contribution in [-0.4, -0.2) is 36.7 Å². The molecule has 11 heteroatoms. The summed E-state index contributed by atoms with van der Waals surface area (Å²) in [5.41, 5.74) is 4.42. The Morgan fingerprint density at radius 1 is 1.12 bits per heavy atom. The minimum atomic E-state index is -4.90. The van der Waals surface area contributed by atoms with Crippen molar-refractivity contribution in [3.05, 3.63) is 93.5 Å². The molecule has 3 aromatic carbocycles. The molecule has 1 aliphatic heterocycles. The van der Waals surface area contributed by atoms with Crippen LogP contribution in [0.4, 0.5) is 13.2 Å². The van der Waals surface area contributed by atoms with Gasteiger partial charge in [-0.3, -0.25) is 4.79 Å². The summed E-state index contributed by atoms with van der Waals surface area (Å²) in [4.78, 5) is 11.8. The number of hydrogen-bond acceptors (Lipinski definition) is 5. The van der Waals surface area contributed by atoms with Gasteiger partial charge in [0.15, 0.2) is 0 Å². The number of alkyl halides is 3. The molecule has 7 nitrogen and oxygen atoms in total. The maximum Gasteiger partial charge on any atom is 0.573 e. The first-order valence-corrected chi connectivity index (χ1v) is 14.3. The second kappa shape index (κ2) is 11.5. The number of aryl methyl sites for hydroxylation is 2. The lowest BCUT2D eigenvalue weighted by Gasteiger charge is -2.25. The predicted molar refractivity (Wildman–Crippen MR) is 145 cm³/mol. The molecule has 0 spiro atoms. The Kier molecular flexibility index (Phi) is 8.47. The van der Waals surface area contributed by atoms with Crippen molar-refractivity contribution < 1.29 is 36.2 Å². The molecule has 0 radical (unpaired) electrons. The number of carbonyl (C=O) groups is 1. The number of carboxylic acid groups (broad SMARTS) is 1. The molecule has 1 N–H and O–H groups in total. The average Bonchev–Trinajstić information content (AvgIpc) is 2.95. The fraction of sp³-hybridized carbons (Fsp3) is 0.333. The summed E-state index contributed by atoms with van der Waals surface area (Å²) in [6.45, 7) is 5.62. The first kappa shape index (κ1) is 30.1. The van der Waals surface area contributed by atoms with Crippen LogP contribution in [0, 0.1) is 31.1 Å². The minimum Gasteiger partial charge on any atom is -0.481 e. The van der Waals surface area contributed by atoms with E-state index in [4.69, 9.17) is 0 Å². The van der Waals surface area contributed by atoms with Crippen LogP contribution >= 0.6 is 0 Å². The lowest BCUT2D eigenvalue weighted by Crippen LogP contribution is -2.33. The topological polar surface area (TPSA) is 108 Å². The summed E-state index contributed by atoms with van der Waals surface area (Å²) in [5, 5.41) is 18.9. The minimum absolute atomic E-state index is 0.00126. The largest absolute Gasteiger partial charge is 0.573 e. The molecular weight excluding hydrogens is 557 g/mol. The first-order valence-electron chi connectivity index (χ1n) is 12.9. The number of sulfonamides is 1. The lowest BCUT2D eigenvalue weighted by atomic mass is 9.84. The third kappa shape index (κ3) is 6.89. The van der Waals surface area contributed by atoms with Crippen LogP contribution in [0.3, 0.4) is 0 Å². The van der Waals surface area contributed by atoms with Gasteiger partial charge in [0.2, 0.25) is 10.0 Å². The Balaban J connectivity index is 1.71. The maximum absolute atomic E-state index is 13.7. The highest BCUT2D eigenvalue weighted by molar-refractivity contribution is 7.89. The third-order valence-corrected chi connectivity index (χ3v) is 9.15. The van der Waals surface area contributed by atoms with Crippen LogP contribution in [0.1, 0.15) is 58.2 Å². The molecule has 0 aromatic heterocycles. The molecule has 3 aromatic rings. The number of benzene rings is 3. The van der Waals surface area contributed by atoms with Crippen LogP contribution in [0.2, 0.25) is 0 Å². The third-order valence-electron chi connectivity index (χ3n) is 7.24. The highest BCUT2D eigenvalue weighted by Gasteiger charge is 2.35. The van der Waals surface area contributed by atoms with E-state index in [9.17, 15) is 36.8 Å². The molecule has 216 valence electrons. The molecular formula is C30H29F3N2O5S. The number of fused-ring (bicyclic) bond motifs is 1. The summed E-state index contributed by atoms with van der Waals surface area (Å²) in [6, 6.07) is 15.9. The van der Waals surface area contributed by atoms with Crippen molar-refractivity contribution >= 4 is 16.0 Å². The number of ether oxygens (including phenoxy) is 1. The molecule has 41 heavy (non-hydrogen) atoms. The van der Waals surface area contributed by atoms with Gasteiger partial charge in [0.1, 0.15) is 5.75 Å². The van der Waals surface area contributed by atoms with E-state index >= 15 is 0 Å². The van der Waals surface area contributed by atoms with Gasteiger partial charge in [-0.1, -0.05) is 31.2 Å². The Morgan fingerprint density at radius 2 is 1.85 bits per heavy atom. The van der Waals surface area contributed by atoms with E-state index in [-0.39, 0.29) is 42.3 Å². The summed E-state index contributed by atoms with van der Waals surface area (Å²) in [6.07, 6.45) is -4.85. The van der Waals surface area contributed by atoms with Crippen LogP contribution in [0.25, 0.3) is 0 Å². The second-order valence-electron chi connectivity index (χ2n) is 10.4. The first-order chi connectivity index (χ1) is 19.2. The maximum atomic E-state index is 13.7. The normalized spacial score (nSPS) is 17.6. The van der Waals surface area contributed by atoms with Gasteiger partial charge in [-0.05, 0) is 89.9 Å². The Bertz CT molecular complexity index is 1630. The van der Waals surface area contributed by atoms with Crippen molar-refractivity contribution in [1.82, 2.24) is 4.31 Å². The molecule has 0 amide bonds. The standard InChI is InChI=1S/C30H29F3N2O5S/c1-18-10-23-13-25(40-30(31,32)33)7-9-28(23)41(38,39)35(16-18)17-24-12-22(6-4-19(24)2)27(14-29(36)37)26-8-5-21(15-34)11-20(26)3/h4-9,11-13,18,27H,10,14,16-17H2,1-3H3,(H,36,37). The molecule has 0 fully saturated rings. The second-order valence-corrected chi connectivity index (χ2v) is 12.4.